The fraction of sp³-hybridized carbons (Fsp3) is 0.289. The summed E-state index contributed by atoms with van der Waals surface area (Å²) < 4.78 is 6.38. The summed E-state index contributed by atoms with van der Waals surface area (Å²) in [5.74, 6) is -2.63. The van der Waals surface area contributed by atoms with Crippen molar-refractivity contribution in [3.63, 3.8) is 0 Å². The van der Waals surface area contributed by atoms with Crippen molar-refractivity contribution >= 4 is 51.8 Å². The summed E-state index contributed by atoms with van der Waals surface area (Å²) in [7, 11) is 1.90. The summed E-state index contributed by atoms with van der Waals surface area (Å²) in [4.78, 5) is 35.9. The first-order valence-electron chi connectivity index (χ1n) is 15.9. The van der Waals surface area contributed by atoms with Gasteiger partial charge in [-0.2, -0.15) is 0 Å². The van der Waals surface area contributed by atoms with Crippen LogP contribution in [0.3, 0.4) is 0 Å². The Hall–Kier alpha value is -4.21. The van der Waals surface area contributed by atoms with Crippen LogP contribution in [0.25, 0.3) is 10.8 Å². The minimum absolute atomic E-state index is 0.0279. The molecule has 8 nitrogen and oxygen atoms in total. The number of hydrogen-bond acceptors (Lipinski definition) is 5. The zero-order chi connectivity index (χ0) is 34.3. The van der Waals surface area contributed by atoms with Crippen LogP contribution in [0.4, 0.5) is 0 Å². The number of likely N-dealkylation sites (tertiary alicyclic amines) is 1. The van der Waals surface area contributed by atoms with Crippen LogP contribution in [0.5, 0.6) is 0 Å². The maximum Gasteiger partial charge on any atom is 0.328 e. The second kappa shape index (κ2) is 15.8. The van der Waals surface area contributed by atoms with Crippen molar-refractivity contribution in [2.45, 2.75) is 37.4 Å². The number of carboxylic acid groups (broad SMARTS) is 2. The van der Waals surface area contributed by atoms with E-state index in [4.69, 9.17) is 33.0 Å². The van der Waals surface area contributed by atoms with Crippen molar-refractivity contribution in [2.75, 3.05) is 33.2 Å². The Bertz CT molecular complexity index is 1800. The van der Waals surface area contributed by atoms with Crippen LogP contribution in [0.15, 0.2) is 97.1 Å². The maximum atomic E-state index is 13.5. The third kappa shape index (κ3) is 8.62. The molecule has 0 saturated carbocycles. The fourth-order valence-corrected chi connectivity index (χ4v) is 6.97. The minimum atomic E-state index is -1.51. The third-order valence-corrected chi connectivity index (χ3v) is 9.98. The van der Waals surface area contributed by atoms with Gasteiger partial charge in [-0.15, -0.1) is 0 Å². The van der Waals surface area contributed by atoms with Crippen LogP contribution in [0.2, 0.25) is 10.0 Å². The highest BCUT2D eigenvalue weighted by atomic mass is 35.5. The van der Waals surface area contributed by atoms with Gasteiger partial charge in [0.2, 0.25) is 0 Å². The van der Waals surface area contributed by atoms with Gasteiger partial charge in [-0.1, -0.05) is 83.9 Å². The monoisotopic (exact) mass is 688 g/mol. The number of rotatable bonds is 9. The van der Waals surface area contributed by atoms with Crippen molar-refractivity contribution < 1.29 is 34.2 Å². The number of halogens is 2. The van der Waals surface area contributed by atoms with Gasteiger partial charge < -0.3 is 29.5 Å². The van der Waals surface area contributed by atoms with Gasteiger partial charge in [0.05, 0.1) is 42.3 Å². The first-order chi connectivity index (χ1) is 23.0. The topological polar surface area (TPSA) is 111 Å². The van der Waals surface area contributed by atoms with Gasteiger partial charge in [0, 0.05) is 50.4 Å². The van der Waals surface area contributed by atoms with Gasteiger partial charge in [-0.3, -0.25) is 4.79 Å². The summed E-state index contributed by atoms with van der Waals surface area (Å²) in [6.07, 6.45) is 3.97. The first-order valence-corrected chi connectivity index (χ1v) is 16.7. The van der Waals surface area contributed by atoms with Gasteiger partial charge in [0.1, 0.15) is 5.60 Å². The fourth-order valence-electron chi connectivity index (χ4n) is 6.66. The molecule has 2 heterocycles. The van der Waals surface area contributed by atoms with E-state index < -0.39 is 11.9 Å². The number of benzene rings is 4. The summed E-state index contributed by atoms with van der Waals surface area (Å²) in [6.45, 7) is 4.52. The smallest absolute Gasteiger partial charge is 0.328 e. The number of quaternary nitrogens is 1. The minimum Gasteiger partial charge on any atom is -0.545 e. The quantitative estimate of drug-likeness (QED) is 0.243. The molecule has 250 valence electrons. The van der Waals surface area contributed by atoms with Crippen molar-refractivity contribution in [3.05, 3.63) is 129 Å². The van der Waals surface area contributed by atoms with Crippen LogP contribution >= 0.6 is 23.2 Å². The Morgan fingerprint density at radius 1 is 0.938 bits per heavy atom. The number of nitrogens with one attached hydrogen (secondary N) is 1. The lowest BCUT2D eigenvalue weighted by atomic mass is 9.83. The molecule has 1 amide bonds. The molecule has 1 spiro atoms. The molecule has 4 aromatic rings. The number of aliphatic carboxylic acids is 2. The van der Waals surface area contributed by atoms with Crippen molar-refractivity contribution in [3.8, 4) is 0 Å². The molecule has 1 saturated heterocycles. The molecule has 0 bridgehead atoms. The molecule has 2 aliphatic heterocycles. The van der Waals surface area contributed by atoms with Gasteiger partial charge in [0.15, 0.2) is 0 Å². The molecule has 0 radical (unpaired) electrons. The highest BCUT2D eigenvalue weighted by Crippen LogP contribution is 2.42. The molecule has 10 heteroatoms. The van der Waals surface area contributed by atoms with Crippen molar-refractivity contribution in [1.82, 2.24) is 4.90 Å². The van der Waals surface area contributed by atoms with E-state index in [0.29, 0.717) is 34.3 Å². The second-order valence-corrected chi connectivity index (χ2v) is 13.2. The number of carboxylic acids is 2. The zero-order valence-electron chi connectivity index (χ0n) is 26.7. The van der Waals surface area contributed by atoms with E-state index in [0.717, 1.165) is 61.8 Å². The molecular weight excluding hydrogens is 651 g/mol. The lowest BCUT2D eigenvalue weighted by Gasteiger charge is -2.37. The van der Waals surface area contributed by atoms with E-state index in [9.17, 15) is 19.5 Å². The Morgan fingerprint density at radius 3 is 2.33 bits per heavy atom. The van der Waals surface area contributed by atoms with E-state index in [2.05, 4.69) is 36.4 Å². The van der Waals surface area contributed by atoms with Crippen LogP contribution in [0.1, 0.15) is 52.2 Å². The Labute approximate surface area is 290 Å². The Kier molecular flexibility index (Phi) is 11.5. The summed E-state index contributed by atoms with van der Waals surface area (Å²) in [5, 5.41) is 20.5. The summed E-state index contributed by atoms with van der Waals surface area (Å²) >= 11 is 12.7. The molecule has 1 unspecified atom stereocenters. The largest absolute Gasteiger partial charge is 0.545 e. The van der Waals surface area contributed by atoms with E-state index in [1.54, 1.807) is 4.90 Å². The standard InChI is InChI=1S/C34H34Cl2N2O2.C4H4O4/c1-37(33(39)27-11-10-24-6-2-3-7-25(24)20-27)22-28(26-12-13-31(35)32(36)21-26)14-17-38-18-15-34(16-19-38)30-9-5-4-8-29(30)23-40-34;5-3(6)1-2-4(7)8/h2-13,20-21,28H,14-19,22-23H2,1H3;1-2H,(H,5,6)(H,7,8)/b;2-1+. The molecule has 1 atom stereocenters. The summed E-state index contributed by atoms with van der Waals surface area (Å²) in [6, 6.07) is 28.6. The highest BCUT2D eigenvalue weighted by molar-refractivity contribution is 6.42. The number of ether oxygens (including phenoxy) is 1. The van der Waals surface area contributed by atoms with Crippen molar-refractivity contribution in [2.24, 2.45) is 0 Å². The van der Waals surface area contributed by atoms with Crippen molar-refractivity contribution in [1.29, 1.82) is 0 Å². The molecule has 2 aliphatic rings. The SMILES string of the molecule is CN(CC(CC[NH+]1CCC2(CC1)OCc1ccccc12)c1ccc(Cl)c(Cl)c1)C(=O)c1ccc2ccccc2c1.O=C([O-])/C=C/C(=O)O. The summed E-state index contributed by atoms with van der Waals surface area (Å²) in [5.41, 5.74) is 4.43. The first kappa shape index (κ1) is 35.1. The lowest BCUT2D eigenvalue weighted by Crippen LogP contribution is -3.13. The van der Waals surface area contributed by atoms with Crippen LogP contribution < -0.4 is 10.0 Å². The second-order valence-electron chi connectivity index (χ2n) is 12.3. The van der Waals surface area contributed by atoms with E-state index in [1.807, 2.05) is 60.5 Å². The predicted molar refractivity (Wildman–Crippen MR) is 184 cm³/mol. The lowest BCUT2D eigenvalue weighted by molar-refractivity contribution is -0.908. The third-order valence-electron chi connectivity index (χ3n) is 9.24. The van der Waals surface area contributed by atoms with Gasteiger partial charge >= 0.3 is 5.97 Å². The van der Waals surface area contributed by atoms with Gasteiger partial charge in [-0.25, -0.2) is 4.79 Å². The predicted octanol–water partition coefficient (Wildman–Crippen LogP) is 4.87. The molecule has 4 aromatic carbocycles. The number of fused-ring (bicyclic) bond motifs is 3. The van der Waals surface area contributed by atoms with E-state index in [1.165, 1.54) is 11.1 Å². The molecule has 48 heavy (non-hydrogen) atoms. The Morgan fingerprint density at radius 2 is 1.65 bits per heavy atom. The van der Waals surface area contributed by atoms with Crippen LogP contribution in [-0.2, 0) is 26.5 Å². The highest BCUT2D eigenvalue weighted by Gasteiger charge is 2.44. The van der Waals surface area contributed by atoms with E-state index in [-0.39, 0.29) is 17.4 Å². The molecule has 0 aromatic heterocycles. The molecule has 0 aliphatic carbocycles. The number of likely N-dealkylation sites (N-methyl/N-ethyl adjacent to an activating group) is 1. The number of carbonyl (C=O) groups excluding carboxylic acids is 2. The normalized spacial score (nSPS) is 19.0. The molecular formula is C38H38Cl2N2O6. The number of carbonyl (C=O) groups is 3. The average Bonchev–Trinajstić information content (AvgIpc) is 3.45. The van der Waals surface area contributed by atoms with Gasteiger partial charge in [-0.05, 0) is 57.8 Å². The molecule has 6 rings (SSSR count). The van der Waals surface area contributed by atoms with E-state index >= 15 is 0 Å². The average molecular weight is 690 g/mol. The van der Waals surface area contributed by atoms with Crippen LogP contribution in [0, 0.1) is 0 Å². The maximum absolute atomic E-state index is 13.5. The number of nitrogens with zero attached hydrogens (tertiary/aromatic N) is 1. The van der Waals surface area contributed by atoms with Crippen LogP contribution in [-0.4, -0.2) is 61.1 Å². The molecule has 1 fully saturated rings. The number of amides is 1. The zero-order valence-corrected chi connectivity index (χ0v) is 28.2. The molecule has 2 N–H and O–H groups in total. The van der Waals surface area contributed by atoms with Gasteiger partial charge in [0.25, 0.3) is 5.91 Å². The number of piperidine rings is 1. The Balaban J connectivity index is 0.000000503. The number of hydrogen-bond donors (Lipinski definition) is 2.